The van der Waals surface area contributed by atoms with Crippen molar-refractivity contribution >= 4 is 58.4 Å². The molecule has 1 saturated heterocycles. The lowest BCUT2D eigenvalue weighted by atomic mass is 10.1. The quantitative estimate of drug-likeness (QED) is 0.360. The molecule has 1 aliphatic heterocycles. The van der Waals surface area contributed by atoms with Gasteiger partial charge in [-0.05, 0) is 55.6 Å². The lowest BCUT2D eigenvalue weighted by Gasteiger charge is -2.34. The van der Waals surface area contributed by atoms with Gasteiger partial charge in [-0.3, -0.25) is 0 Å². The monoisotopic (exact) mass is 621 g/mol. The first-order chi connectivity index (χ1) is 15.7. The Balaban J connectivity index is 1.45. The van der Waals surface area contributed by atoms with Gasteiger partial charge in [0, 0.05) is 38.0 Å². The standard InChI is InChI=1S/C21H19Br2F2N3O3S2/c1-31-15-4-2-3-13(10-15)9-14-12-32-21(26-14)27-5-7-28(8-6-27)33(29,30)20-18(23)17(24)11-16(22)19(20)25/h2-4,10-12H,5-9H2,1H3. The molecule has 0 amide bonds. The van der Waals surface area contributed by atoms with Crippen molar-refractivity contribution in [1.29, 1.82) is 0 Å². The number of piperazine rings is 1. The highest BCUT2D eigenvalue weighted by atomic mass is 79.9. The lowest BCUT2D eigenvalue weighted by molar-refractivity contribution is 0.381. The van der Waals surface area contributed by atoms with Gasteiger partial charge in [-0.15, -0.1) is 11.3 Å². The minimum atomic E-state index is -4.23. The first-order valence-corrected chi connectivity index (χ1v) is 13.8. The Morgan fingerprint density at radius 3 is 2.58 bits per heavy atom. The van der Waals surface area contributed by atoms with Crippen molar-refractivity contribution in [3.63, 3.8) is 0 Å². The van der Waals surface area contributed by atoms with Crippen molar-refractivity contribution in [3.05, 3.63) is 67.5 Å². The molecule has 0 spiro atoms. The zero-order chi connectivity index (χ0) is 23.8. The molecule has 3 aromatic rings. The van der Waals surface area contributed by atoms with E-state index in [1.165, 1.54) is 15.6 Å². The second-order valence-electron chi connectivity index (χ2n) is 7.34. The number of ether oxygens (including phenoxy) is 1. The van der Waals surface area contributed by atoms with Crippen LogP contribution in [0.25, 0.3) is 0 Å². The van der Waals surface area contributed by atoms with E-state index < -0.39 is 31.0 Å². The van der Waals surface area contributed by atoms with Crippen LogP contribution in [0.3, 0.4) is 0 Å². The molecule has 33 heavy (non-hydrogen) atoms. The van der Waals surface area contributed by atoms with Gasteiger partial charge < -0.3 is 9.64 Å². The summed E-state index contributed by atoms with van der Waals surface area (Å²) in [6.07, 6.45) is 0.657. The molecule has 0 aliphatic carbocycles. The summed E-state index contributed by atoms with van der Waals surface area (Å²) in [6, 6.07) is 8.68. The molecule has 1 fully saturated rings. The fraction of sp³-hybridized carbons (Fsp3) is 0.286. The SMILES string of the molecule is COc1cccc(Cc2csc(N3CCN(S(=O)(=O)c4c(F)c(Br)cc(F)c4Br)CC3)n2)c1. The maximum atomic E-state index is 14.6. The van der Waals surface area contributed by atoms with Crippen molar-refractivity contribution in [2.75, 3.05) is 38.2 Å². The second kappa shape index (κ2) is 9.95. The van der Waals surface area contributed by atoms with E-state index in [2.05, 4.69) is 31.9 Å². The number of anilines is 1. The van der Waals surface area contributed by atoms with Crippen molar-refractivity contribution < 1.29 is 21.9 Å². The average molecular weight is 623 g/mol. The number of sulfonamides is 1. The van der Waals surface area contributed by atoms with Crippen LogP contribution in [0.2, 0.25) is 0 Å². The first kappa shape index (κ1) is 24.5. The van der Waals surface area contributed by atoms with Crippen LogP contribution in [-0.4, -0.2) is 51.0 Å². The third-order valence-electron chi connectivity index (χ3n) is 5.24. The van der Waals surface area contributed by atoms with Crippen molar-refractivity contribution in [1.82, 2.24) is 9.29 Å². The predicted octanol–water partition coefficient (Wildman–Crippen LogP) is 5.06. The highest BCUT2D eigenvalue weighted by Gasteiger charge is 2.35. The highest BCUT2D eigenvalue weighted by Crippen LogP contribution is 2.35. The predicted molar refractivity (Wildman–Crippen MR) is 131 cm³/mol. The third kappa shape index (κ3) is 5.09. The van der Waals surface area contributed by atoms with E-state index in [1.54, 1.807) is 7.11 Å². The van der Waals surface area contributed by atoms with E-state index in [9.17, 15) is 17.2 Å². The molecule has 0 radical (unpaired) electrons. The van der Waals surface area contributed by atoms with Gasteiger partial charge in [0.1, 0.15) is 16.5 Å². The molecule has 12 heteroatoms. The molecule has 4 rings (SSSR count). The number of hydrogen-bond acceptors (Lipinski definition) is 6. The van der Waals surface area contributed by atoms with Gasteiger partial charge in [0.05, 0.1) is 21.7 Å². The van der Waals surface area contributed by atoms with Gasteiger partial charge in [-0.1, -0.05) is 12.1 Å². The van der Waals surface area contributed by atoms with Crippen LogP contribution in [-0.2, 0) is 16.4 Å². The molecule has 1 aromatic heterocycles. The first-order valence-electron chi connectivity index (χ1n) is 9.86. The molecule has 2 heterocycles. The van der Waals surface area contributed by atoms with E-state index >= 15 is 0 Å². The summed E-state index contributed by atoms with van der Waals surface area (Å²) in [5, 5.41) is 2.78. The van der Waals surface area contributed by atoms with Crippen LogP contribution < -0.4 is 9.64 Å². The summed E-state index contributed by atoms with van der Waals surface area (Å²) in [5.74, 6) is -1.09. The van der Waals surface area contributed by atoms with E-state index in [0.717, 1.165) is 28.2 Å². The molecule has 0 atom stereocenters. The molecule has 1 aliphatic rings. The summed E-state index contributed by atoms with van der Waals surface area (Å²) >= 11 is 7.26. The Morgan fingerprint density at radius 2 is 1.88 bits per heavy atom. The summed E-state index contributed by atoms with van der Waals surface area (Å²) in [6.45, 7) is 1.04. The van der Waals surface area contributed by atoms with Gasteiger partial charge >= 0.3 is 0 Å². The molecule has 0 saturated carbocycles. The number of benzene rings is 2. The normalized spacial score (nSPS) is 15.1. The molecule has 6 nitrogen and oxygen atoms in total. The fourth-order valence-corrected chi connectivity index (χ4v) is 7.42. The summed E-state index contributed by atoms with van der Waals surface area (Å²) in [7, 11) is -2.61. The fourth-order valence-electron chi connectivity index (χ4n) is 3.54. The van der Waals surface area contributed by atoms with Gasteiger partial charge in [0.25, 0.3) is 0 Å². The Kier molecular flexibility index (Phi) is 7.39. The molecular formula is C21H19Br2F2N3O3S2. The van der Waals surface area contributed by atoms with Crippen LogP contribution in [0, 0.1) is 11.6 Å². The smallest absolute Gasteiger partial charge is 0.247 e. The van der Waals surface area contributed by atoms with Crippen LogP contribution in [0.1, 0.15) is 11.3 Å². The number of thiazole rings is 1. The number of rotatable bonds is 6. The van der Waals surface area contributed by atoms with E-state index in [1.807, 2.05) is 34.5 Å². The zero-order valence-electron chi connectivity index (χ0n) is 17.4. The zero-order valence-corrected chi connectivity index (χ0v) is 22.2. The molecule has 176 valence electrons. The largest absolute Gasteiger partial charge is 0.497 e. The summed E-state index contributed by atoms with van der Waals surface area (Å²) in [4.78, 5) is 6.00. The molecule has 0 unspecified atom stereocenters. The maximum absolute atomic E-state index is 14.6. The number of methoxy groups -OCH3 is 1. The Morgan fingerprint density at radius 1 is 1.15 bits per heavy atom. The Hall–Kier alpha value is -1.60. The highest BCUT2D eigenvalue weighted by molar-refractivity contribution is 9.11. The lowest BCUT2D eigenvalue weighted by Crippen LogP contribution is -2.49. The minimum Gasteiger partial charge on any atom is -0.497 e. The van der Waals surface area contributed by atoms with Crippen molar-refractivity contribution in [2.45, 2.75) is 11.3 Å². The number of halogens is 4. The van der Waals surface area contributed by atoms with E-state index in [-0.39, 0.29) is 17.6 Å². The summed E-state index contributed by atoms with van der Waals surface area (Å²) < 4.78 is 60.5. The molecular weight excluding hydrogens is 604 g/mol. The van der Waals surface area contributed by atoms with Gasteiger partial charge in [-0.2, -0.15) is 4.31 Å². The third-order valence-corrected chi connectivity index (χ3v) is 9.75. The average Bonchev–Trinajstić information content (AvgIpc) is 3.26. The van der Waals surface area contributed by atoms with Crippen molar-refractivity contribution in [3.8, 4) is 5.75 Å². The van der Waals surface area contributed by atoms with Crippen LogP contribution in [0.15, 0.2) is 49.6 Å². The molecule has 2 aromatic carbocycles. The van der Waals surface area contributed by atoms with Gasteiger partial charge in [0.15, 0.2) is 10.9 Å². The van der Waals surface area contributed by atoms with E-state index in [0.29, 0.717) is 19.5 Å². The number of nitrogens with zero attached hydrogens (tertiary/aromatic N) is 3. The minimum absolute atomic E-state index is 0.132. The van der Waals surface area contributed by atoms with Crippen LogP contribution in [0.4, 0.5) is 13.9 Å². The van der Waals surface area contributed by atoms with Crippen LogP contribution in [0.5, 0.6) is 5.75 Å². The van der Waals surface area contributed by atoms with Gasteiger partial charge in [-0.25, -0.2) is 22.2 Å². The number of aromatic nitrogens is 1. The Bertz CT molecular complexity index is 1250. The summed E-state index contributed by atoms with van der Waals surface area (Å²) in [5.41, 5.74) is 1.99. The molecule has 0 bridgehead atoms. The van der Waals surface area contributed by atoms with E-state index in [4.69, 9.17) is 9.72 Å². The molecule has 0 N–H and O–H groups in total. The topological polar surface area (TPSA) is 62.7 Å². The van der Waals surface area contributed by atoms with Crippen molar-refractivity contribution in [2.24, 2.45) is 0 Å². The van der Waals surface area contributed by atoms with Crippen LogP contribution >= 0.6 is 43.2 Å². The second-order valence-corrected chi connectivity index (χ2v) is 11.7. The Labute approximate surface area is 211 Å². The van der Waals surface area contributed by atoms with Gasteiger partial charge in [0.2, 0.25) is 10.0 Å². The number of hydrogen-bond donors (Lipinski definition) is 0. The maximum Gasteiger partial charge on any atom is 0.247 e.